The molecule has 0 aromatic carbocycles. The van der Waals surface area contributed by atoms with Crippen LogP contribution in [0.3, 0.4) is 0 Å². The number of hydrogen-bond donors (Lipinski definition) is 1. The SMILES string of the molecule is N[C@@H]1CCCC[C@H]1N1C(=O)CCCCC1=O. The van der Waals surface area contributed by atoms with E-state index < -0.39 is 0 Å². The van der Waals surface area contributed by atoms with Gasteiger partial charge in [0, 0.05) is 18.9 Å². The fraction of sp³-hybridized carbons (Fsp3) is 0.833. The molecule has 1 saturated heterocycles. The second-order valence-corrected chi connectivity index (χ2v) is 4.88. The highest BCUT2D eigenvalue weighted by Crippen LogP contribution is 2.25. The first-order chi connectivity index (χ1) is 7.70. The normalized spacial score (nSPS) is 32.7. The fourth-order valence-corrected chi connectivity index (χ4v) is 2.76. The van der Waals surface area contributed by atoms with Crippen LogP contribution in [0.5, 0.6) is 0 Å². The second-order valence-electron chi connectivity index (χ2n) is 4.88. The molecule has 0 unspecified atom stereocenters. The van der Waals surface area contributed by atoms with Crippen LogP contribution in [0.2, 0.25) is 0 Å². The lowest BCUT2D eigenvalue weighted by atomic mass is 9.89. The van der Waals surface area contributed by atoms with Gasteiger partial charge in [-0.25, -0.2) is 0 Å². The second kappa shape index (κ2) is 4.95. The fourth-order valence-electron chi connectivity index (χ4n) is 2.76. The number of amides is 2. The quantitative estimate of drug-likeness (QED) is 0.680. The average Bonchev–Trinajstić information content (AvgIpc) is 2.42. The van der Waals surface area contributed by atoms with Crippen molar-refractivity contribution < 1.29 is 9.59 Å². The van der Waals surface area contributed by atoms with Crippen molar-refractivity contribution in [2.75, 3.05) is 0 Å². The summed E-state index contributed by atoms with van der Waals surface area (Å²) >= 11 is 0. The highest BCUT2D eigenvalue weighted by Gasteiger charge is 2.35. The van der Waals surface area contributed by atoms with E-state index in [9.17, 15) is 9.59 Å². The molecule has 1 aliphatic heterocycles. The van der Waals surface area contributed by atoms with E-state index in [1.807, 2.05) is 0 Å². The first-order valence-electron chi connectivity index (χ1n) is 6.30. The van der Waals surface area contributed by atoms with Gasteiger partial charge in [0.2, 0.25) is 11.8 Å². The Hall–Kier alpha value is -0.900. The number of rotatable bonds is 1. The van der Waals surface area contributed by atoms with Crippen molar-refractivity contribution >= 4 is 11.8 Å². The Bertz CT molecular complexity index is 273. The number of imide groups is 1. The van der Waals surface area contributed by atoms with Gasteiger partial charge in [-0.05, 0) is 25.7 Å². The van der Waals surface area contributed by atoms with Gasteiger partial charge in [-0.2, -0.15) is 0 Å². The number of nitrogens with zero attached hydrogens (tertiary/aromatic N) is 1. The van der Waals surface area contributed by atoms with Gasteiger partial charge in [0.1, 0.15) is 0 Å². The first-order valence-corrected chi connectivity index (χ1v) is 6.30. The van der Waals surface area contributed by atoms with Gasteiger partial charge >= 0.3 is 0 Å². The zero-order valence-electron chi connectivity index (χ0n) is 9.65. The standard InChI is InChI=1S/C12H20N2O2/c13-9-5-1-2-6-10(9)14-11(15)7-3-4-8-12(14)16/h9-10H,1-8,13H2/t9-,10-/m1/s1. The van der Waals surface area contributed by atoms with Crippen LogP contribution < -0.4 is 5.73 Å². The molecular formula is C12H20N2O2. The largest absolute Gasteiger partial charge is 0.326 e. The summed E-state index contributed by atoms with van der Waals surface area (Å²) in [6.07, 6.45) is 6.71. The number of nitrogens with two attached hydrogens (primary N) is 1. The van der Waals surface area contributed by atoms with Crippen molar-refractivity contribution in [2.24, 2.45) is 5.73 Å². The summed E-state index contributed by atoms with van der Waals surface area (Å²) in [7, 11) is 0. The third kappa shape index (κ3) is 2.26. The summed E-state index contributed by atoms with van der Waals surface area (Å²) in [5.74, 6) is -0.0188. The maximum Gasteiger partial charge on any atom is 0.229 e. The Labute approximate surface area is 96.2 Å². The molecule has 1 aliphatic carbocycles. The van der Waals surface area contributed by atoms with Crippen LogP contribution in [0.25, 0.3) is 0 Å². The predicted octanol–water partition coefficient (Wildman–Crippen LogP) is 1.19. The molecule has 2 amide bonds. The molecule has 90 valence electrons. The summed E-state index contributed by atoms with van der Waals surface area (Å²) in [4.78, 5) is 25.3. The van der Waals surface area contributed by atoms with E-state index >= 15 is 0 Å². The Balaban J connectivity index is 2.14. The lowest BCUT2D eigenvalue weighted by molar-refractivity contribution is -0.147. The van der Waals surface area contributed by atoms with Crippen LogP contribution in [0.4, 0.5) is 0 Å². The van der Waals surface area contributed by atoms with E-state index in [0.717, 1.165) is 38.5 Å². The number of likely N-dealkylation sites (tertiary alicyclic amines) is 1. The molecule has 2 rings (SSSR count). The Morgan fingerprint density at radius 3 is 2.06 bits per heavy atom. The number of carbonyl (C=O) groups excluding carboxylic acids is 2. The highest BCUT2D eigenvalue weighted by molar-refractivity contribution is 5.96. The molecule has 16 heavy (non-hydrogen) atoms. The van der Waals surface area contributed by atoms with Crippen molar-refractivity contribution in [3.8, 4) is 0 Å². The molecular weight excluding hydrogens is 204 g/mol. The van der Waals surface area contributed by atoms with Crippen LogP contribution in [-0.2, 0) is 9.59 Å². The van der Waals surface area contributed by atoms with Gasteiger partial charge in [-0.3, -0.25) is 14.5 Å². The van der Waals surface area contributed by atoms with E-state index in [4.69, 9.17) is 5.73 Å². The van der Waals surface area contributed by atoms with Gasteiger partial charge in [-0.1, -0.05) is 12.8 Å². The van der Waals surface area contributed by atoms with Gasteiger partial charge in [0.15, 0.2) is 0 Å². The summed E-state index contributed by atoms with van der Waals surface area (Å²) in [5.41, 5.74) is 6.04. The molecule has 2 atom stereocenters. The van der Waals surface area contributed by atoms with Gasteiger partial charge < -0.3 is 5.73 Å². The third-order valence-electron chi connectivity index (χ3n) is 3.68. The van der Waals surface area contributed by atoms with E-state index in [-0.39, 0.29) is 23.9 Å². The molecule has 2 N–H and O–H groups in total. The van der Waals surface area contributed by atoms with Crippen LogP contribution in [0.15, 0.2) is 0 Å². The minimum Gasteiger partial charge on any atom is -0.326 e. The minimum atomic E-state index is -0.0353. The Morgan fingerprint density at radius 1 is 0.938 bits per heavy atom. The van der Waals surface area contributed by atoms with Crippen molar-refractivity contribution in [2.45, 2.75) is 63.5 Å². The van der Waals surface area contributed by atoms with E-state index in [1.54, 1.807) is 0 Å². The zero-order chi connectivity index (χ0) is 11.5. The van der Waals surface area contributed by atoms with Crippen molar-refractivity contribution in [3.63, 3.8) is 0 Å². The topological polar surface area (TPSA) is 63.4 Å². The smallest absolute Gasteiger partial charge is 0.229 e. The molecule has 0 aromatic rings. The molecule has 2 aliphatic rings. The molecule has 4 heteroatoms. The predicted molar refractivity (Wildman–Crippen MR) is 60.6 cm³/mol. The number of hydrogen-bond acceptors (Lipinski definition) is 3. The van der Waals surface area contributed by atoms with Crippen LogP contribution in [0, 0.1) is 0 Å². The lowest BCUT2D eigenvalue weighted by Gasteiger charge is -2.36. The molecule has 1 saturated carbocycles. The summed E-state index contributed by atoms with van der Waals surface area (Å²) < 4.78 is 0. The lowest BCUT2D eigenvalue weighted by Crippen LogP contribution is -2.53. The summed E-state index contributed by atoms with van der Waals surface area (Å²) in [6, 6.07) is -0.0494. The molecule has 4 nitrogen and oxygen atoms in total. The van der Waals surface area contributed by atoms with Crippen molar-refractivity contribution in [1.29, 1.82) is 0 Å². The molecule has 0 bridgehead atoms. The maximum absolute atomic E-state index is 11.9. The molecule has 0 radical (unpaired) electrons. The van der Waals surface area contributed by atoms with Gasteiger partial charge in [-0.15, -0.1) is 0 Å². The van der Waals surface area contributed by atoms with Crippen LogP contribution >= 0.6 is 0 Å². The molecule has 0 aromatic heterocycles. The maximum atomic E-state index is 11.9. The van der Waals surface area contributed by atoms with Crippen molar-refractivity contribution in [1.82, 2.24) is 4.90 Å². The monoisotopic (exact) mass is 224 g/mol. The molecule has 1 heterocycles. The zero-order valence-corrected chi connectivity index (χ0v) is 9.65. The Morgan fingerprint density at radius 2 is 1.50 bits per heavy atom. The summed E-state index contributed by atoms with van der Waals surface area (Å²) in [5, 5.41) is 0. The highest BCUT2D eigenvalue weighted by atomic mass is 16.2. The van der Waals surface area contributed by atoms with Crippen LogP contribution in [-0.4, -0.2) is 28.8 Å². The van der Waals surface area contributed by atoms with E-state index in [0.29, 0.717) is 12.8 Å². The first kappa shape index (κ1) is 11.6. The molecule has 2 fully saturated rings. The third-order valence-corrected chi connectivity index (χ3v) is 3.68. The average molecular weight is 224 g/mol. The minimum absolute atomic E-state index is 0.00940. The van der Waals surface area contributed by atoms with Gasteiger partial charge in [0.25, 0.3) is 0 Å². The summed E-state index contributed by atoms with van der Waals surface area (Å²) in [6.45, 7) is 0. The number of carbonyl (C=O) groups is 2. The van der Waals surface area contributed by atoms with E-state index in [1.165, 1.54) is 4.90 Å². The van der Waals surface area contributed by atoms with Gasteiger partial charge in [0.05, 0.1) is 6.04 Å². The van der Waals surface area contributed by atoms with E-state index in [2.05, 4.69) is 0 Å². The van der Waals surface area contributed by atoms with Crippen LogP contribution in [0.1, 0.15) is 51.4 Å². The molecule has 0 spiro atoms. The van der Waals surface area contributed by atoms with Crippen molar-refractivity contribution in [3.05, 3.63) is 0 Å². The Kier molecular flexibility index (Phi) is 3.59.